The number of carboxylic acid groups (broad SMARTS) is 1. The number of rotatable bonds is 21. The fourth-order valence-corrected chi connectivity index (χ4v) is 14.3. The Morgan fingerprint density at radius 2 is 1.60 bits per heavy atom. The SMILES string of the molecule is CC[C@H](C)[C@@H]1CC(=O)CNC(=O)[C@H]2CC(=O)[C@H]([C@@H](C)[C@@H](O)CO)NC(=O)[C@@H]3C[C@@H](O)CN3C(=O)[C@H](CC(N)=O)NC(=O)[C@H](CS(=O)c3[nH]c4c(CSCCCCNC(=O)C5CCC(CNC(=O)CC(C)C(=O)O)CC5)c(OC)ccc4c3C2)NC(=O)CNC1=O. The van der Waals surface area contributed by atoms with Crippen molar-refractivity contribution in [3.63, 3.8) is 0 Å². The molecule has 2 aromatic rings. The van der Waals surface area contributed by atoms with E-state index in [9.17, 15) is 72.9 Å². The lowest BCUT2D eigenvalue weighted by Crippen LogP contribution is -2.60. The summed E-state index contributed by atoms with van der Waals surface area (Å²) in [7, 11) is -0.963. The molecule has 30 heteroatoms. The highest BCUT2D eigenvalue weighted by atomic mass is 32.2. The molecule has 14 N–H and O–H groups in total. The fourth-order valence-electron chi connectivity index (χ4n) is 11.9. The molecule has 4 heterocycles. The molecule has 4 aliphatic rings. The average Bonchev–Trinajstić information content (AvgIpc) is 1.70. The molecule has 1 aromatic carbocycles. The molecule has 1 aromatic heterocycles. The number of carbonyl (C=O) groups excluding carboxylic acids is 11. The molecule has 498 valence electrons. The van der Waals surface area contributed by atoms with E-state index in [0.717, 1.165) is 17.7 Å². The van der Waals surface area contributed by atoms with E-state index in [1.54, 1.807) is 26.0 Å². The number of fused-ring (bicyclic) bond motifs is 5. The second-order valence-electron chi connectivity index (χ2n) is 24.2. The third-order valence-electron chi connectivity index (χ3n) is 17.6. The molecule has 6 rings (SSSR count). The lowest BCUT2D eigenvalue weighted by atomic mass is 9.81. The van der Waals surface area contributed by atoms with Gasteiger partial charge in [-0.05, 0) is 80.2 Å². The molecule has 2 unspecified atom stereocenters. The number of nitrogens with one attached hydrogen (secondary N) is 8. The minimum atomic E-state index is -2.41. The van der Waals surface area contributed by atoms with Gasteiger partial charge in [-0.1, -0.05) is 34.1 Å². The molecule has 1 saturated heterocycles. The molecular formula is C60H88N10O18S2. The number of methoxy groups -OCH3 is 1. The summed E-state index contributed by atoms with van der Waals surface area (Å²) < 4.78 is 21.2. The largest absolute Gasteiger partial charge is 0.496 e. The van der Waals surface area contributed by atoms with E-state index in [0.29, 0.717) is 73.2 Å². The zero-order valence-electron chi connectivity index (χ0n) is 51.6. The number of carbonyl (C=O) groups is 12. The van der Waals surface area contributed by atoms with Crippen LogP contribution in [0, 0.1) is 41.4 Å². The summed E-state index contributed by atoms with van der Waals surface area (Å²) in [5.74, 6) is -14.2. The Kier molecular flexibility index (Phi) is 27.1. The minimum absolute atomic E-state index is 0.0525. The van der Waals surface area contributed by atoms with Gasteiger partial charge in [0.1, 0.15) is 28.9 Å². The van der Waals surface area contributed by atoms with E-state index in [1.165, 1.54) is 32.7 Å². The molecule has 28 nitrogen and oxygen atoms in total. The van der Waals surface area contributed by atoms with E-state index in [4.69, 9.17) is 15.6 Å². The van der Waals surface area contributed by atoms with Crippen LogP contribution in [0.2, 0.25) is 0 Å². The monoisotopic (exact) mass is 1300 g/mol. The van der Waals surface area contributed by atoms with Gasteiger partial charge in [0, 0.05) is 85.7 Å². The van der Waals surface area contributed by atoms with Gasteiger partial charge in [-0.25, -0.2) is 0 Å². The van der Waals surface area contributed by atoms with Gasteiger partial charge >= 0.3 is 5.97 Å². The minimum Gasteiger partial charge on any atom is -0.496 e. The number of ketones is 2. The predicted molar refractivity (Wildman–Crippen MR) is 328 cm³/mol. The first-order chi connectivity index (χ1) is 42.7. The number of benzene rings is 1. The zero-order valence-corrected chi connectivity index (χ0v) is 53.2. The summed E-state index contributed by atoms with van der Waals surface area (Å²) in [5.41, 5.74) is 6.74. The van der Waals surface area contributed by atoms with Crippen molar-refractivity contribution in [3.05, 3.63) is 23.3 Å². The maximum Gasteiger partial charge on any atom is 0.306 e. The quantitative estimate of drug-likeness (QED) is 0.0648. The number of Topliss-reactive ketones (excluding diaryl/α,β-unsaturated/α-hetero) is 2. The number of hydrogen-bond acceptors (Lipinski definition) is 18. The fraction of sp³-hybridized carbons (Fsp3) is 0.667. The van der Waals surface area contributed by atoms with Gasteiger partial charge in [0.2, 0.25) is 53.2 Å². The number of H-pyrrole nitrogens is 1. The molecule has 12 atom stereocenters. The Morgan fingerprint density at radius 3 is 2.27 bits per heavy atom. The predicted octanol–water partition coefficient (Wildman–Crippen LogP) is -1.27. The number of aliphatic hydroxyl groups is 3. The molecule has 9 amide bonds. The Labute approximate surface area is 528 Å². The van der Waals surface area contributed by atoms with E-state index >= 15 is 4.21 Å². The van der Waals surface area contributed by atoms with Crippen LogP contribution in [-0.4, -0.2) is 200 Å². The highest BCUT2D eigenvalue weighted by Gasteiger charge is 2.45. The molecule has 2 bridgehead atoms. The molecule has 1 aliphatic carbocycles. The van der Waals surface area contributed by atoms with Gasteiger partial charge in [-0.2, -0.15) is 11.8 Å². The first-order valence-electron chi connectivity index (χ1n) is 30.7. The summed E-state index contributed by atoms with van der Waals surface area (Å²) in [6.07, 6.45) is -1.39. The van der Waals surface area contributed by atoms with Crippen molar-refractivity contribution >= 4 is 104 Å². The Balaban J connectivity index is 1.35. The Hall–Kier alpha value is -7.02. The summed E-state index contributed by atoms with van der Waals surface area (Å²) in [6, 6.07) is -3.66. The molecular weight excluding hydrogens is 1210 g/mol. The standard InChI is InChI=1S/C60H88N10O18S2/c1-6-30(2)39-20-36(72)24-64-54(80)35-18-40-38-13-14-47(88-5)41(28-89-16-8-7-15-62-53(79)34-11-9-33(10-12-34)23-63-49(77)17-31(3)60(85)86)52(38)69-58(40)90(87)29-43(66-50(78)25-65-55(39)81)56(82)67-42(22-48(61)76)59(84)70-26-37(73)21-44(70)57(83)68-51(45(74)19-35)32(4)46(75)27-71/h13-14,30-35,37,39,42-44,46,51,69,71,73,75H,6-12,15-29H2,1-5H3,(H2,61,76)(H,62,79)(H,63,77)(H,64,80)(H,65,81)(H,66,78)(H,67,82)(H,68,83)(H,85,86)/t30-,31?,32-,33?,34?,35+,37+,39-,42-,43-,44-,46-,51-,90?/m0/s1. The summed E-state index contributed by atoms with van der Waals surface area (Å²) in [6.45, 7) is 4.41. The van der Waals surface area contributed by atoms with Crippen LogP contribution in [0.4, 0.5) is 0 Å². The van der Waals surface area contributed by atoms with Crippen molar-refractivity contribution in [3.8, 4) is 5.75 Å². The second kappa shape index (κ2) is 33.9. The van der Waals surface area contributed by atoms with Crippen LogP contribution in [-0.2, 0) is 80.5 Å². The lowest BCUT2D eigenvalue weighted by Gasteiger charge is -2.32. The van der Waals surface area contributed by atoms with Crippen molar-refractivity contribution < 1.29 is 86.9 Å². The number of aliphatic carboxylic acids is 1. The average molecular weight is 1300 g/mol. The first-order valence-corrected chi connectivity index (χ1v) is 33.2. The number of aliphatic hydroxyl groups excluding tert-OH is 3. The summed E-state index contributed by atoms with van der Waals surface area (Å²) in [4.78, 5) is 168. The zero-order chi connectivity index (χ0) is 66.1. The third kappa shape index (κ3) is 19.5. The van der Waals surface area contributed by atoms with Gasteiger partial charge in [-0.3, -0.25) is 61.7 Å². The van der Waals surface area contributed by atoms with E-state index in [-0.39, 0.29) is 52.8 Å². The van der Waals surface area contributed by atoms with Gasteiger partial charge in [-0.15, -0.1) is 0 Å². The highest BCUT2D eigenvalue weighted by molar-refractivity contribution is 7.98. The number of aromatic nitrogens is 1. The first kappa shape index (κ1) is 72.0. The van der Waals surface area contributed by atoms with Gasteiger partial charge < -0.3 is 78.0 Å². The van der Waals surface area contributed by atoms with Crippen LogP contribution in [0.15, 0.2) is 17.2 Å². The number of nitrogens with two attached hydrogens (primary N) is 1. The summed E-state index contributed by atoms with van der Waals surface area (Å²) in [5, 5.41) is 59.9. The summed E-state index contributed by atoms with van der Waals surface area (Å²) >= 11 is 1.51. The van der Waals surface area contributed by atoms with E-state index in [1.807, 2.05) is 0 Å². The maximum atomic E-state index is 15.4. The number of unbranched alkanes of at least 4 members (excludes halogenated alkanes) is 1. The van der Waals surface area contributed by atoms with E-state index < -0.39 is 193 Å². The van der Waals surface area contributed by atoms with Crippen LogP contribution in [0.3, 0.4) is 0 Å². The van der Waals surface area contributed by atoms with Crippen LogP contribution in [0.5, 0.6) is 5.75 Å². The van der Waals surface area contributed by atoms with Gasteiger partial charge in [0.25, 0.3) is 0 Å². The second-order valence-corrected chi connectivity index (χ2v) is 26.8. The number of ether oxygens (including phenoxy) is 1. The van der Waals surface area contributed by atoms with Crippen molar-refractivity contribution in [2.45, 2.75) is 158 Å². The number of aromatic amines is 1. The van der Waals surface area contributed by atoms with Crippen LogP contribution < -0.4 is 47.7 Å². The maximum absolute atomic E-state index is 15.4. The number of thioether (sulfide) groups is 1. The molecule has 90 heavy (non-hydrogen) atoms. The number of primary amides is 1. The third-order valence-corrected chi connectivity index (χ3v) is 20.1. The van der Waals surface area contributed by atoms with Gasteiger partial charge in [0.15, 0.2) is 11.6 Å². The smallest absolute Gasteiger partial charge is 0.306 e. The Morgan fingerprint density at radius 1 is 0.889 bits per heavy atom. The van der Waals surface area contributed by atoms with Crippen LogP contribution >= 0.6 is 11.8 Å². The Bertz CT molecular complexity index is 3010. The number of carboxylic acids is 1. The molecule has 0 spiro atoms. The normalized spacial score (nSPS) is 26.7. The van der Waals surface area contributed by atoms with E-state index in [2.05, 4.69) is 42.2 Å². The van der Waals surface area contributed by atoms with Gasteiger partial charge in [0.05, 0.1) is 79.5 Å². The number of hydrogen-bond donors (Lipinski definition) is 13. The molecule has 2 fully saturated rings. The molecule has 1 saturated carbocycles. The molecule has 3 aliphatic heterocycles. The van der Waals surface area contributed by atoms with Crippen LogP contribution in [0.1, 0.15) is 116 Å². The van der Waals surface area contributed by atoms with Crippen molar-refractivity contribution in [2.24, 2.45) is 47.2 Å². The number of amides is 9. The van der Waals surface area contributed by atoms with Crippen molar-refractivity contribution in [1.82, 2.24) is 47.1 Å². The molecule has 0 radical (unpaired) electrons. The van der Waals surface area contributed by atoms with Crippen LogP contribution in [0.25, 0.3) is 10.9 Å². The highest BCUT2D eigenvalue weighted by Crippen LogP contribution is 2.38. The van der Waals surface area contributed by atoms with Crippen molar-refractivity contribution in [1.29, 1.82) is 0 Å². The lowest BCUT2D eigenvalue weighted by molar-refractivity contribution is -0.144. The topological polar surface area (TPSA) is 441 Å². The van der Waals surface area contributed by atoms with Crippen molar-refractivity contribution in [2.75, 3.05) is 57.9 Å². The number of nitrogens with zero attached hydrogens (tertiary/aromatic N) is 1.